The number of hydrogen-bond acceptors (Lipinski definition) is 3. The smallest absolute Gasteiger partial charge is 0.411 e. The van der Waals surface area contributed by atoms with E-state index in [0.29, 0.717) is 39.4 Å². The molecule has 1 amide bonds. The molecular formula is C19H19Cl2FN2O2. The third-order valence-corrected chi connectivity index (χ3v) is 5.10. The van der Waals surface area contributed by atoms with Gasteiger partial charge in [0.2, 0.25) is 0 Å². The molecule has 3 rings (SSSR count). The molecular weight excluding hydrogens is 378 g/mol. The van der Waals surface area contributed by atoms with Crippen LogP contribution in [0.4, 0.5) is 14.9 Å². The van der Waals surface area contributed by atoms with Gasteiger partial charge in [-0.05, 0) is 67.7 Å². The molecule has 7 heteroatoms. The van der Waals surface area contributed by atoms with Crippen LogP contribution in [-0.2, 0) is 4.74 Å². The Kier molecular flexibility index (Phi) is 6.35. The van der Waals surface area contributed by atoms with Crippen LogP contribution in [-0.4, -0.2) is 25.8 Å². The highest BCUT2D eigenvalue weighted by Crippen LogP contribution is 2.33. The van der Waals surface area contributed by atoms with Gasteiger partial charge in [-0.2, -0.15) is 0 Å². The third-order valence-electron chi connectivity index (χ3n) is 4.36. The minimum absolute atomic E-state index is 0.355. The lowest BCUT2D eigenvalue weighted by molar-refractivity contribution is 0.131. The van der Waals surface area contributed by atoms with Crippen LogP contribution in [0.15, 0.2) is 36.4 Å². The van der Waals surface area contributed by atoms with Gasteiger partial charge in [-0.25, -0.2) is 9.18 Å². The number of nitrogens with one attached hydrogen (secondary N) is 2. The highest BCUT2D eigenvalue weighted by Gasteiger charge is 2.16. The number of rotatable bonds is 4. The van der Waals surface area contributed by atoms with E-state index in [-0.39, 0.29) is 0 Å². The maximum absolute atomic E-state index is 13.7. The molecule has 1 aliphatic heterocycles. The fourth-order valence-electron chi connectivity index (χ4n) is 2.92. The number of piperidine rings is 1. The Balaban J connectivity index is 1.72. The van der Waals surface area contributed by atoms with Crippen molar-refractivity contribution in [1.82, 2.24) is 5.32 Å². The van der Waals surface area contributed by atoms with Gasteiger partial charge in [0.25, 0.3) is 0 Å². The molecule has 138 valence electrons. The van der Waals surface area contributed by atoms with Crippen LogP contribution in [0.3, 0.4) is 0 Å². The second-order valence-corrected chi connectivity index (χ2v) is 7.05. The van der Waals surface area contributed by atoms with Gasteiger partial charge in [0.1, 0.15) is 5.82 Å². The molecule has 0 aromatic heterocycles. The number of carbonyl (C=O) groups is 1. The van der Waals surface area contributed by atoms with E-state index in [1.807, 2.05) is 0 Å². The lowest BCUT2D eigenvalue weighted by Crippen LogP contribution is -2.31. The fraction of sp³-hybridized carbons (Fsp3) is 0.316. The number of anilines is 1. The van der Waals surface area contributed by atoms with Crippen LogP contribution in [0.25, 0.3) is 11.1 Å². The lowest BCUT2D eigenvalue weighted by atomic mass is 9.99. The molecule has 0 radical (unpaired) electrons. The summed E-state index contributed by atoms with van der Waals surface area (Å²) in [5, 5.41) is 6.72. The SMILES string of the molecule is O=C(Nc1ccc(F)cc1-c1ccc(Cl)c(Cl)c1)OCC1CCNCC1. The number of benzene rings is 2. The molecule has 26 heavy (non-hydrogen) atoms. The van der Waals surface area contributed by atoms with Crippen molar-refractivity contribution < 1.29 is 13.9 Å². The molecule has 0 unspecified atom stereocenters. The van der Waals surface area contributed by atoms with E-state index in [9.17, 15) is 9.18 Å². The first kappa shape index (κ1) is 19.0. The Labute approximate surface area is 161 Å². The number of amides is 1. The summed E-state index contributed by atoms with van der Waals surface area (Å²) in [7, 11) is 0. The number of ether oxygens (including phenoxy) is 1. The second kappa shape index (κ2) is 8.71. The average molecular weight is 397 g/mol. The topological polar surface area (TPSA) is 50.4 Å². The average Bonchev–Trinajstić information content (AvgIpc) is 2.65. The minimum atomic E-state index is -0.559. The summed E-state index contributed by atoms with van der Waals surface area (Å²) >= 11 is 12.0. The first-order chi connectivity index (χ1) is 12.5. The Hall–Kier alpha value is -1.82. The Morgan fingerprint density at radius 1 is 1.15 bits per heavy atom. The zero-order chi connectivity index (χ0) is 18.5. The molecule has 0 bridgehead atoms. The summed E-state index contributed by atoms with van der Waals surface area (Å²) in [6, 6.07) is 9.09. The maximum atomic E-state index is 13.7. The minimum Gasteiger partial charge on any atom is -0.449 e. The van der Waals surface area contributed by atoms with Gasteiger partial charge in [-0.1, -0.05) is 29.3 Å². The molecule has 4 nitrogen and oxygen atoms in total. The zero-order valence-electron chi connectivity index (χ0n) is 14.0. The van der Waals surface area contributed by atoms with Crippen molar-refractivity contribution >= 4 is 35.0 Å². The van der Waals surface area contributed by atoms with Crippen molar-refractivity contribution in [3.05, 3.63) is 52.3 Å². The van der Waals surface area contributed by atoms with E-state index < -0.39 is 11.9 Å². The highest BCUT2D eigenvalue weighted by atomic mass is 35.5. The summed E-state index contributed by atoms with van der Waals surface area (Å²) in [6.45, 7) is 2.25. The lowest BCUT2D eigenvalue weighted by Gasteiger charge is -2.22. The Morgan fingerprint density at radius 3 is 2.65 bits per heavy atom. The molecule has 0 atom stereocenters. The van der Waals surface area contributed by atoms with Crippen molar-refractivity contribution in [2.45, 2.75) is 12.8 Å². The fourth-order valence-corrected chi connectivity index (χ4v) is 3.21. The summed E-state index contributed by atoms with van der Waals surface area (Å²) < 4.78 is 19.1. The zero-order valence-corrected chi connectivity index (χ0v) is 15.5. The maximum Gasteiger partial charge on any atom is 0.411 e. The van der Waals surface area contributed by atoms with Crippen molar-refractivity contribution in [2.24, 2.45) is 5.92 Å². The van der Waals surface area contributed by atoms with E-state index in [1.165, 1.54) is 18.2 Å². The monoisotopic (exact) mass is 396 g/mol. The summed E-state index contributed by atoms with van der Waals surface area (Å²) in [6.07, 6.45) is 1.41. The predicted octanol–water partition coefficient (Wildman–Crippen LogP) is 5.35. The Bertz CT molecular complexity index is 795. The molecule has 1 aliphatic rings. The summed E-state index contributed by atoms with van der Waals surface area (Å²) in [5.74, 6) is -0.0514. The van der Waals surface area contributed by atoms with Crippen molar-refractivity contribution in [1.29, 1.82) is 0 Å². The highest BCUT2D eigenvalue weighted by molar-refractivity contribution is 6.42. The molecule has 2 aromatic carbocycles. The van der Waals surface area contributed by atoms with Gasteiger partial charge in [-0.3, -0.25) is 5.32 Å². The van der Waals surface area contributed by atoms with Crippen LogP contribution in [0, 0.1) is 11.7 Å². The molecule has 2 aromatic rings. The molecule has 0 aliphatic carbocycles. The molecule has 1 fully saturated rings. The molecule has 0 spiro atoms. The van der Waals surface area contributed by atoms with E-state index in [1.54, 1.807) is 18.2 Å². The van der Waals surface area contributed by atoms with Gasteiger partial charge in [0.15, 0.2) is 0 Å². The Morgan fingerprint density at radius 2 is 1.92 bits per heavy atom. The number of carbonyl (C=O) groups excluding carboxylic acids is 1. The van der Waals surface area contributed by atoms with Crippen LogP contribution < -0.4 is 10.6 Å². The first-order valence-electron chi connectivity index (χ1n) is 8.42. The van der Waals surface area contributed by atoms with Gasteiger partial charge in [0.05, 0.1) is 22.3 Å². The predicted molar refractivity (Wildman–Crippen MR) is 102 cm³/mol. The van der Waals surface area contributed by atoms with Crippen molar-refractivity contribution in [2.75, 3.05) is 25.0 Å². The summed E-state index contributed by atoms with van der Waals surface area (Å²) in [5.41, 5.74) is 1.59. The number of halogens is 3. The normalized spacial score (nSPS) is 14.9. The standard InChI is InChI=1S/C19H19Cl2FN2O2/c20-16-3-1-13(9-17(16)21)15-10-14(22)2-4-18(15)24-19(25)26-11-12-5-7-23-8-6-12/h1-4,9-10,12,23H,5-8,11H2,(H,24,25). The van der Waals surface area contributed by atoms with E-state index in [4.69, 9.17) is 27.9 Å². The largest absolute Gasteiger partial charge is 0.449 e. The van der Waals surface area contributed by atoms with Crippen LogP contribution >= 0.6 is 23.2 Å². The van der Waals surface area contributed by atoms with Crippen LogP contribution in [0.2, 0.25) is 10.0 Å². The van der Waals surface area contributed by atoms with Crippen LogP contribution in [0.5, 0.6) is 0 Å². The summed E-state index contributed by atoms with van der Waals surface area (Å²) in [4.78, 5) is 12.2. The number of hydrogen-bond donors (Lipinski definition) is 2. The third kappa shape index (κ3) is 4.87. The molecule has 1 heterocycles. The molecule has 1 saturated heterocycles. The van der Waals surface area contributed by atoms with Crippen LogP contribution in [0.1, 0.15) is 12.8 Å². The van der Waals surface area contributed by atoms with E-state index in [2.05, 4.69) is 10.6 Å². The van der Waals surface area contributed by atoms with Gasteiger partial charge >= 0.3 is 6.09 Å². The van der Waals surface area contributed by atoms with E-state index >= 15 is 0 Å². The molecule has 2 N–H and O–H groups in total. The van der Waals surface area contributed by atoms with E-state index in [0.717, 1.165) is 25.9 Å². The van der Waals surface area contributed by atoms with Crippen molar-refractivity contribution in [3.63, 3.8) is 0 Å². The quantitative estimate of drug-likeness (QED) is 0.732. The van der Waals surface area contributed by atoms with Gasteiger partial charge < -0.3 is 10.1 Å². The van der Waals surface area contributed by atoms with Gasteiger partial charge in [0, 0.05) is 5.56 Å². The first-order valence-corrected chi connectivity index (χ1v) is 9.18. The van der Waals surface area contributed by atoms with Gasteiger partial charge in [-0.15, -0.1) is 0 Å². The molecule has 0 saturated carbocycles. The second-order valence-electron chi connectivity index (χ2n) is 6.24. The van der Waals surface area contributed by atoms with Crippen molar-refractivity contribution in [3.8, 4) is 11.1 Å².